The number of ketones is 1. The first-order valence-electron chi connectivity index (χ1n) is 7.27. The van der Waals surface area contributed by atoms with E-state index in [2.05, 4.69) is 0 Å². The smallest absolute Gasteiger partial charge is 0.163 e. The van der Waals surface area contributed by atoms with Gasteiger partial charge in [0.1, 0.15) is 5.75 Å². The van der Waals surface area contributed by atoms with Gasteiger partial charge in [-0.25, -0.2) is 0 Å². The van der Waals surface area contributed by atoms with Gasteiger partial charge in [0.05, 0.1) is 6.61 Å². The fraction of sp³-hybridized carbons (Fsp3) is 0.278. The zero-order valence-electron chi connectivity index (χ0n) is 12.3. The lowest BCUT2D eigenvalue weighted by Gasteiger charge is -2.11. The van der Waals surface area contributed by atoms with Gasteiger partial charge in [0.15, 0.2) is 5.78 Å². The van der Waals surface area contributed by atoms with Crippen molar-refractivity contribution >= 4 is 5.78 Å². The Labute approximate surface area is 125 Å². The average Bonchev–Trinajstić information content (AvgIpc) is 2.53. The molecule has 2 N–H and O–H groups in total. The third-order valence-electron chi connectivity index (χ3n) is 3.38. The molecule has 2 aromatic rings. The van der Waals surface area contributed by atoms with Crippen LogP contribution in [0.3, 0.4) is 0 Å². The summed E-state index contributed by atoms with van der Waals surface area (Å²) in [5.74, 6) is 0.832. The Morgan fingerprint density at radius 3 is 2.62 bits per heavy atom. The van der Waals surface area contributed by atoms with Gasteiger partial charge in [-0.15, -0.1) is 0 Å². The van der Waals surface area contributed by atoms with E-state index in [1.54, 1.807) is 6.07 Å². The van der Waals surface area contributed by atoms with Gasteiger partial charge in [0.2, 0.25) is 0 Å². The van der Waals surface area contributed by atoms with Crippen molar-refractivity contribution in [2.45, 2.75) is 25.8 Å². The predicted molar refractivity (Wildman–Crippen MR) is 84.5 cm³/mol. The quantitative estimate of drug-likeness (QED) is 0.787. The van der Waals surface area contributed by atoms with Crippen molar-refractivity contribution < 1.29 is 9.53 Å². The fourth-order valence-corrected chi connectivity index (χ4v) is 2.22. The van der Waals surface area contributed by atoms with E-state index in [1.807, 2.05) is 55.5 Å². The highest BCUT2D eigenvalue weighted by Gasteiger charge is 2.11. The van der Waals surface area contributed by atoms with Crippen molar-refractivity contribution in [2.75, 3.05) is 6.61 Å². The number of rotatable bonds is 7. The number of hydrogen-bond acceptors (Lipinski definition) is 3. The molecule has 0 aliphatic heterocycles. The normalized spacial score (nSPS) is 11.9. The third-order valence-corrected chi connectivity index (χ3v) is 3.38. The molecule has 0 heterocycles. The van der Waals surface area contributed by atoms with Crippen molar-refractivity contribution in [2.24, 2.45) is 5.73 Å². The van der Waals surface area contributed by atoms with Crippen molar-refractivity contribution in [3.8, 4) is 5.75 Å². The highest BCUT2D eigenvalue weighted by Crippen LogP contribution is 2.19. The molecule has 3 nitrogen and oxygen atoms in total. The first-order valence-corrected chi connectivity index (χ1v) is 7.27. The molecule has 0 aliphatic carbocycles. The monoisotopic (exact) mass is 283 g/mol. The Hall–Kier alpha value is -2.13. The molecule has 2 rings (SSSR count). The summed E-state index contributed by atoms with van der Waals surface area (Å²) < 4.78 is 5.41. The summed E-state index contributed by atoms with van der Waals surface area (Å²) in [5.41, 5.74) is 7.87. The van der Waals surface area contributed by atoms with E-state index < -0.39 is 0 Å². The molecule has 0 saturated heterocycles. The number of benzene rings is 2. The van der Waals surface area contributed by atoms with Gasteiger partial charge in [0.25, 0.3) is 0 Å². The highest BCUT2D eigenvalue weighted by molar-refractivity contribution is 5.96. The Morgan fingerprint density at radius 2 is 1.90 bits per heavy atom. The SMILES string of the molecule is CCOc1cccc(C(=O)CCC(N)c2ccccc2)c1. The summed E-state index contributed by atoms with van der Waals surface area (Å²) >= 11 is 0. The molecule has 0 radical (unpaired) electrons. The Morgan fingerprint density at radius 1 is 1.14 bits per heavy atom. The molecule has 0 saturated carbocycles. The number of nitrogens with two attached hydrogens (primary N) is 1. The molecule has 0 spiro atoms. The zero-order valence-corrected chi connectivity index (χ0v) is 12.3. The van der Waals surface area contributed by atoms with Crippen molar-refractivity contribution in [1.82, 2.24) is 0 Å². The van der Waals surface area contributed by atoms with Gasteiger partial charge in [0, 0.05) is 18.0 Å². The standard InChI is InChI=1S/C18H21NO2/c1-2-21-16-10-6-9-15(13-16)18(20)12-11-17(19)14-7-4-3-5-8-14/h3-10,13,17H,2,11-12,19H2,1H3. The van der Waals surface area contributed by atoms with Crippen LogP contribution in [0.5, 0.6) is 5.75 Å². The van der Waals surface area contributed by atoms with Gasteiger partial charge in [-0.3, -0.25) is 4.79 Å². The molecule has 3 heteroatoms. The molecule has 0 aliphatic rings. The summed E-state index contributed by atoms with van der Waals surface area (Å²) in [6.07, 6.45) is 1.08. The van der Waals surface area contributed by atoms with Crippen LogP contribution < -0.4 is 10.5 Å². The average molecular weight is 283 g/mol. The minimum Gasteiger partial charge on any atom is -0.494 e. The van der Waals surface area contributed by atoms with E-state index in [0.29, 0.717) is 25.0 Å². The Kier molecular flexibility index (Phi) is 5.52. The first-order chi connectivity index (χ1) is 10.2. The topological polar surface area (TPSA) is 52.3 Å². The minimum atomic E-state index is -0.106. The van der Waals surface area contributed by atoms with Crippen LogP contribution in [0.2, 0.25) is 0 Å². The first kappa shape index (κ1) is 15.3. The largest absolute Gasteiger partial charge is 0.494 e. The molecule has 21 heavy (non-hydrogen) atoms. The minimum absolute atomic E-state index is 0.0999. The Balaban J connectivity index is 1.94. The Bertz CT molecular complexity index is 581. The second-order valence-electron chi connectivity index (χ2n) is 4.94. The zero-order chi connectivity index (χ0) is 15.1. The molecule has 0 aromatic heterocycles. The van der Waals surface area contributed by atoms with Crippen LogP contribution in [0.15, 0.2) is 54.6 Å². The number of carbonyl (C=O) groups is 1. The predicted octanol–water partition coefficient (Wildman–Crippen LogP) is 3.75. The van der Waals surface area contributed by atoms with E-state index in [-0.39, 0.29) is 11.8 Å². The molecule has 110 valence electrons. The molecule has 0 bridgehead atoms. The lowest BCUT2D eigenvalue weighted by Crippen LogP contribution is -2.12. The second kappa shape index (κ2) is 7.60. The summed E-state index contributed by atoms with van der Waals surface area (Å²) in [4.78, 5) is 12.2. The number of hydrogen-bond donors (Lipinski definition) is 1. The van der Waals surface area contributed by atoms with Crippen LogP contribution in [0.25, 0.3) is 0 Å². The van der Waals surface area contributed by atoms with Crippen LogP contribution in [0.4, 0.5) is 0 Å². The maximum absolute atomic E-state index is 12.2. The molecule has 2 aromatic carbocycles. The number of carbonyl (C=O) groups excluding carboxylic acids is 1. The van der Waals surface area contributed by atoms with E-state index in [4.69, 9.17) is 10.5 Å². The molecule has 0 amide bonds. The van der Waals surface area contributed by atoms with Crippen LogP contribution in [0.1, 0.15) is 41.7 Å². The van der Waals surface area contributed by atoms with Crippen LogP contribution >= 0.6 is 0 Å². The molecule has 1 atom stereocenters. The van der Waals surface area contributed by atoms with Crippen molar-refractivity contribution in [3.63, 3.8) is 0 Å². The van der Waals surface area contributed by atoms with E-state index in [9.17, 15) is 4.79 Å². The van der Waals surface area contributed by atoms with Crippen LogP contribution in [-0.2, 0) is 0 Å². The lowest BCUT2D eigenvalue weighted by molar-refractivity contribution is 0.0977. The van der Waals surface area contributed by atoms with Crippen molar-refractivity contribution in [3.05, 3.63) is 65.7 Å². The molecular weight excluding hydrogens is 262 g/mol. The lowest BCUT2D eigenvalue weighted by atomic mass is 9.99. The molecule has 0 fully saturated rings. The van der Waals surface area contributed by atoms with E-state index >= 15 is 0 Å². The number of ether oxygens (including phenoxy) is 1. The second-order valence-corrected chi connectivity index (χ2v) is 4.94. The number of Topliss-reactive ketones (excluding diaryl/α,β-unsaturated/α-hetero) is 1. The molecular formula is C18H21NO2. The van der Waals surface area contributed by atoms with Gasteiger partial charge in [-0.2, -0.15) is 0 Å². The van der Waals surface area contributed by atoms with Crippen molar-refractivity contribution in [1.29, 1.82) is 0 Å². The maximum atomic E-state index is 12.2. The van der Waals surface area contributed by atoms with E-state index in [1.165, 1.54) is 0 Å². The van der Waals surface area contributed by atoms with Gasteiger partial charge < -0.3 is 10.5 Å². The molecule has 1 unspecified atom stereocenters. The van der Waals surface area contributed by atoms with E-state index in [0.717, 1.165) is 11.3 Å². The van der Waals surface area contributed by atoms with Gasteiger partial charge in [-0.05, 0) is 31.0 Å². The van der Waals surface area contributed by atoms with Crippen LogP contribution in [-0.4, -0.2) is 12.4 Å². The fourth-order valence-electron chi connectivity index (χ4n) is 2.22. The third kappa shape index (κ3) is 4.43. The maximum Gasteiger partial charge on any atom is 0.163 e. The highest BCUT2D eigenvalue weighted by atomic mass is 16.5. The summed E-state index contributed by atoms with van der Waals surface area (Å²) in [7, 11) is 0. The summed E-state index contributed by atoms with van der Waals surface area (Å²) in [5, 5.41) is 0. The van der Waals surface area contributed by atoms with Crippen LogP contribution in [0, 0.1) is 0 Å². The van der Waals surface area contributed by atoms with Gasteiger partial charge in [-0.1, -0.05) is 42.5 Å². The summed E-state index contributed by atoms with van der Waals surface area (Å²) in [6.45, 7) is 2.52. The summed E-state index contributed by atoms with van der Waals surface area (Å²) in [6, 6.07) is 17.1. The van der Waals surface area contributed by atoms with Gasteiger partial charge >= 0.3 is 0 Å².